The van der Waals surface area contributed by atoms with Crippen LogP contribution in [0, 0.1) is 0 Å². The molecular formula is C14H16Cl2N2O3. The van der Waals surface area contributed by atoms with E-state index in [4.69, 9.17) is 32.7 Å². The Morgan fingerprint density at radius 2 is 2.05 bits per heavy atom. The van der Waals surface area contributed by atoms with Crippen molar-refractivity contribution >= 4 is 40.7 Å². The van der Waals surface area contributed by atoms with Gasteiger partial charge in [-0.05, 0) is 12.1 Å². The molecule has 2 fully saturated rings. The number of morpholine rings is 1. The maximum atomic E-state index is 12.0. The van der Waals surface area contributed by atoms with Crippen LogP contribution in [0.1, 0.15) is 0 Å². The molecule has 1 aromatic rings. The van der Waals surface area contributed by atoms with Gasteiger partial charge in [0.1, 0.15) is 6.10 Å². The first-order valence-electron chi connectivity index (χ1n) is 6.86. The Labute approximate surface area is 133 Å². The molecule has 21 heavy (non-hydrogen) atoms. The fraction of sp³-hybridized carbons (Fsp3) is 0.500. The maximum absolute atomic E-state index is 12.0. The van der Waals surface area contributed by atoms with Crippen LogP contribution in [-0.2, 0) is 9.47 Å². The molecule has 0 spiro atoms. The van der Waals surface area contributed by atoms with E-state index in [0.29, 0.717) is 24.8 Å². The average Bonchev–Trinajstić information content (AvgIpc) is 2.89. The van der Waals surface area contributed by atoms with Gasteiger partial charge in [-0.3, -0.25) is 4.90 Å². The zero-order chi connectivity index (χ0) is 14.8. The summed E-state index contributed by atoms with van der Waals surface area (Å²) in [5.74, 6) is 0.287. The van der Waals surface area contributed by atoms with E-state index in [2.05, 4.69) is 4.90 Å². The summed E-state index contributed by atoms with van der Waals surface area (Å²) in [5, 5.41) is 0.622. The highest BCUT2D eigenvalue weighted by atomic mass is 35.5. The minimum absolute atomic E-state index is 0.282. The third-order valence-electron chi connectivity index (χ3n) is 3.63. The Kier molecular flexibility index (Phi) is 4.42. The average molecular weight is 331 g/mol. The van der Waals surface area contributed by atoms with Gasteiger partial charge in [-0.15, -0.1) is 11.6 Å². The summed E-state index contributed by atoms with van der Waals surface area (Å²) < 4.78 is 10.6. The first-order chi connectivity index (χ1) is 10.2. The first-order valence-corrected chi connectivity index (χ1v) is 7.77. The van der Waals surface area contributed by atoms with Gasteiger partial charge in [0.15, 0.2) is 0 Å². The van der Waals surface area contributed by atoms with Gasteiger partial charge >= 0.3 is 6.09 Å². The summed E-state index contributed by atoms with van der Waals surface area (Å²) in [7, 11) is 0. The minimum Gasteiger partial charge on any atom is -0.443 e. The second-order valence-corrected chi connectivity index (χ2v) is 5.69. The Hall–Kier alpha value is -1.17. The molecule has 1 atom stereocenters. The van der Waals surface area contributed by atoms with Crippen LogP contribution in [0.4, 0.5) is 16.2 Å². The van der Waals surface area contributed by atoms with Crippen LogP contribution in [0.25, 0.3) is 0 Å². The van der Waals surface area contributed by atoms with Gasteiger partial charge in [0, 0.05) is 13.1 Å². The van der Waals surface area contributed by atoms with Gasteiger partial charge in [0.25, 0.3) is 0 Å². The maximum Gasteiger partial charge on any atom is 0.414 e. The highest BCUT2D eigenvalue weighted by Gasteiger charge is 2.34. The van der Waals surface area contributed by atoms with Gasteiger partial charge < -0.3 is 14.4 Å². The predicted octanol–water partition coefficient (Wildman–Crippen LogP) is 2.74. The summed E-state index contributed by atoms with van der Waals surface area (Å²) in [6, 6.07) is 5.55. The van der Waals surface area contributed by atoms with Gasteiger partial charge in [-0.1, -0.05) is 17.7 Å². The number of amides is 1. The van der Waals surface area contributed by atoms with E-state index >= 15 is 0 Å². The molecule has 0 bridgehead atoms. The minimum atomic E-state index is -0.377. The summed E-state index contributed by atoms with van der Waals surface area (Å²) in [6.45, 7) is 3.25. The van der Waals surface area contributed by atoms with Crippen LogP contribution in [-0.4, -0.2) is 50.9 Å². The number of hydrogen-bond acceptors (Lipinski definition) is 4. The molecule has 2 aliphatic heterocycles. The number of rotatable bonds is 3. The number of benzene rings is 1. The number of anilines is 2. The monoisotopic (exact) mass is 330 g/mol. The van der Waals surface area contributed by atoms with Crippen molar-refractivity contribution in [3.8, 4) is 0 Å². The number of nitrogens with zero attached hydrogens (tertiary/aromatic N) is 2. The molecule has 114 valence electrons. The number of ether oxygens (including phenoxy) is 2. The van der Waals surface area contributed by atoms with Crippen molar-refractivity contribution in [2.24, 2.45) is 0 Å². The fourth-order valence-corrected chi connectivity index (χ4v) is 3.07. The van der Waals surface area contributed by atoms with Crippen molar-refractivity contribution < 1.29 is 14.3 Å². The molecule has 2 heterocycles. The number of hydrogen-bond donors (Lipinski definition) is 0. The van der Waals surface area contributed by atoms with Crippen molar-refractivity contribution in [3.05, 3.63) is 23.2 Å². The Bertz CT molecular complexity index is 535. The van der Waals surface area contributed by atoms with E-state index in [1.54, 1.807) is 4.90 Å². The molecule has 5 nitrogen and oxygen atoms in total. The third-order valence-corrected chi connectivity index (χ3v) is 4.28. The molecule has 0 aromatic heterocycles. The Balaban J connectivity index is 1.95. The van der Waals surface area contributed by atoms with Crippen molar-refractivity contribution in [2.75, 3.05) is 48.5 Å². The fourth-order valence-electron chi connectivity index (χ4n) is 2.62. The van der Waals surface area contributed by atoms with Gasteiger partial charge in [0.2, 0.25) is 0 Å². The van der Waals surface area contributed by atoms with E-state index in [1.165, 1.54) is 0 Å². The molecule has 1 unspecified atom stereocenters. The van der Waals surface area contributed by atoms with E-state index in [9.17, 15) is 4.79 Å². The standard InChI is InChI=1S/C14H16Cl2N2O3/c15-8-10-9-18(14(19)21-10)12-3-1-2-11(16)13(12)17-4-6-20-7-5-17/h1-3,10H,4-9H2. The number of halogens is 2. The second kappa shape index (κ2) is 6.30. The van der Waals surface area contributed by atoms with Crippen LogP contribution < -0.4 is 9.80 Å². The lowest BCUT2D eigenvalue weighted by Gasteiger charge is -2.32. The molecule has 7 heteroatoms. The molecule has 2 saturated heterocycles. The smallest absolute Gasteiger partial charge is 0.414 e. The zero-order valence-corrected chi connectivity index (χ0v) is 12.9. The molecule has 1 aromatic carbocycles. The molecule has 0 N–H and O–H groups in total. The van der Waals surface area contributed by atoms with Gasteiger partial charge in [-0.2, -0.15) is 0 Å². The molecule has 0 saturated carbocycles. The van der Waals surface area contributed by atoms with Crippen LogP contribution >= 0.6 is 23.2 Å². The number of carbonyl (C=O) groups is 1. The lowest BCUT2D eigenvalue weighted by atomic mass is 10.2. The van der Waals surface area contributed by atoms with Gasteiger partial charge in [0.05, 0.1) is 42.0 Å². The van der Waals surface area contributed by atoms with Crippen LogP contribution in [0.3, 0.4) is 0 Å². The van der Waals surface area contributed by atoms with Gasteiger partial charge in [-0.25, -0.2) is 4.79 Å². The second-order valence-electron chi connectivity index (χ2n) is 4.98. The Morgan fingerprint density at radius 1 is 1.29 bits per heavy atom. The number of alkyl halides is 1. The number of para-hydroxylation sites is 1. The molecule has 1 amide bonds. The number of cyclic esters (lactones) is 1. The highest BCUT2D eigenvalue weighted by molar-refractivity contribution is 6.34. The SMILES string of the molecule is O=C1OC(CCl)CN1c1cccc(Cl)c1N1CCOCC1. The summed E-state index contributed by atoms with van der Waals surface area (Å²) in [6.07, 6.45) is -0.659. The first kappa shape index (κ1) is 14.8. The topological polar surface area (TPSA) is 42.0 Å². The largest absolute Gasteiger partial charge is 0.443 e. The van der Waals surface area contributed by atoms with Crippen molar-refractivity contribution in [3.63, 3.8) is 0 Å². The van der Waals surface area contributed by atoms with Crippen LogP contribution in [0.15, 0.2) is 18.2 Å². The van der Waals surface area contributed by atoms with E-state index in [1.807, 2.05) is 18.2 Å². The normalized spacial score (nSPS) is 22.6. The molecule has 0 radical (unpaired) electrons. The third kappa shape index (κ3) is 2.91. The Morgan fingerprint density at radius 3 is 2.71 bits per heavy atom. The lowest BCUT2D eigenvalue weighted by Crippen LogP contribution is -2.38. The van der Waals surface area contributed by atoms with Crippen molar-refractivity contribution in [1.29, 1.82) is 0 Å². The molecular weight excluding hydrogens is 315 g/mol. The predicted molar refractivity (Wildman–Crippen MR) is 82.8 cm³/mol. The van der Waals surface area contributed by atoms with Crippen LogP contribution in [0.5, 0.6) is 0 Å². The summed E-state index contributed by atoms with van der Waals surface area (Å²) in [5.41, 5.74) is 1.62. The summed E-state index contributed by atoms with van der Waals surface area (Å²) >= 11 is 12.2. The van der Waals surface area contributed by atoms with Crippen molar-refractivity contribution in [1.82, 2.24) is 0 Å². The number of carbonyl (C=O) groups excluding carboxylic acids is 1. The molecule has 0 aliphatic carbocycles. The highest BCUT2D eigenvalue weighted by Crippen LogP contribution is 2.38. The van der Waals surface area contributed by atoms with E-state index in [-0.39, 0.29) is 18.1 Å². The lowest BCUT2D eigenvalue weighted by molar-refractivity contribution is 0.123. The quantitative estimate of drug-likeness (QED) is 0.799. The molecule has 2 aliphatic rings. The van der Waals surface area contributed by atoms with Crippen LogP contribution in [0.2, 0.25) is 5.02 Å². The molecule has 3 rings (SSSR count). The van der Waals surface area contributed by atoms with E-state index in [0.717, 1.165) is 24.5 Å². The van der Waals surface area contributed by atoms with E-state index < -0.39 is 0 Å². The van der Waals surface area contributed by atoms with Crippen molar-refractivity contribution in [2.45, 2.75) is 6.10 Å². The summed E-state index contributed by atoms with van der Waals surface area (Å²) in [4.78, 5) is 15.8. The zero-order valence-electron chi connectivity index (χ0n) is 11.4.